The zero-order valence-corrected chi connectivity index (χ0v) is 9.91. The molecule has 0 radical (unpaired) electrons. The van der Waals surface area contributed by atoms with Gasteiger partial charge in [0.15, 0.2) is 6.29 Å². The first kappa shape index (κ1) is 12.5. The number of hydrogen-bond acceptors (Lipinski definition) is 4. The summed E-state index contributed by atoms with van der Waals surface area (Å²) in [6.45, 7) is 4.38. The van der Waals surface area contributed by atoms with Crippen molar-refractivity contribution in [2.45, 2.75) is 20.1 Å². The van der Waals surface area contributed by atoms with Gasteiger partial charge in [-0.05, 0) is 6.92 Å². The molecule has 5 heteroatoms. The Morgan fingerprint density at radius 1 is 1.67 bits per heavy atom. The van der Waals surface area contributed by atoms with E-state index < -0.39 is 6.29 Å². The number of hydrogen-bond donors (Lipinski definition) is 1. The molecule has 1 aliphatic heterocycles. The first-order valence-corrected chi connectivity index (χ1v) is 5.21. The molecule has 1 N–H and O–H groups in total. The summed E-state index contributed by atoms with van der Waals surface area (Å²) in [6, 6.07) is 0. The van der Waals surface area contributed by atoms with Gasteiger partial charge in [-0.2, -0.15) is 0 Å². The van der Waals surface area contributed by atoms with Crippen molar-refractivity contribution in [2.24, 2.45) is 10.9 Å². The van der Waals surface area contributed by atoms with E-state index in [1.807, 2.05) is 6.92 Å². The van der Waals surface area contributed by atoms with Gasteiger partial charge in [0.05, 0.1) is 19.4 Å². The van der Waals surface area contributed by atoms with Gasteiger partial charge in [0.25, 0.3) is 0 Å². The quantitative estimate of drug-likeness (QED) is 0.750. The number of halogens is 1. The lowest BCUT2D eigenvalue weighted by atomic mass is 10.1. The zero-order valence-electron chi connectivity index (χ0n) is 9.16. The lowest BCUT2D eigenvalue weighted by Gasteiger charge is -2.21. The summed E-state index contributed by atoms with van der Waals surface area (Å²) in [5, 5.41) is 9.47. The molecule has 2 atom stereocenters. The maximum absolute atomic E-state index is 8.98. The van der Waals surface area contributed by atoms with Crippen molar-refractivity contribution in [1.82, 2.24) is 0 Å². The molecular formula is C10H16ClNO3. The minimum Gasteiger partial charge on any atom is -0.499 e. The van der Waals surface area contributed by atoms with Crippen LogP contribution >= 0.6 is 11.6 Å². The third-order valence-corrected chi connectivity index (χ3v) is 2.56. The van der Waals surface area contributed by atoms with Crippen molar-refractivity contribution in [3.63, 3.8) is 0 Å². The van der Waals surface area contributed by atoms with E-state index in [1.54, 1.807) is 14.0 Å². The van der Waals surface area contributed by atoms with E-state index in [2.05, 4.69) is 4.99 Å². The van der Waals surface area contributed by atoms with Crippen molar-refractivity contribution in [3.8, 4) is 0 Å². The molecule has 2 unspecified atom stereocenters. The summed E-state index contributed by atoms with van der Waals surface area (Å²) in [6.07, 6.45) is -0.817. The third-order valence-electron chi connectivity index (χ3n) is 2.15. The van der Waals surface area contributed by atoms with E-state index in [-0.39, 0.29) is 12.5 Å². The van der Waals surface area contributed by atoms with Crippen molar-refractivity contribution in [3.05, 3.63) is 10.8 Å². The van der Waals surface area contributed by atoms with Gasteiger partial charge in [-0.25, -0.2) is 0 Å². The van der Waals surface area contributed by atoms with Crippen LogP contribution in [-0.4, -0.2) is 37.4 Å². The van der Waals surface area contributed by atoms with E-state index >= 15 is 0 Å². The third kappa shape index (κ3) is 3.19. The van der Waals surface area contributed by atoms with E-state index in [4.69, 9.17) is 26.2 Å². The maximum Gasteiger partial charge on any atom is 0.152 e. The molecule has 0 fully saturated rings. The van der Waals surface area contributed by atoms with Crippen LogP contribution in [0.1, 0.15) is 13.8 Å². The van der Waals surface area contributed by atoms with E-state index in [9.17, 15) is 0 Å². The molecule has 86 valence electrons. The van der Waals surface area contributed by atoms with Gasteiger partial charge < -0.3 is 14.6 Å². The number of methoxy groups -OCH3 is 1. The van der Waals surface area contributed by atoms with Crippen LogP contribution in [0.2, 0.25) is 0 Å². The summed E-state index contributed by atoms with van der Waals surface area (Å²) in [7, 11) is 1.59. The number of nitrogens with zero attached hydrogens (tertiary/aromatic N) is 1. The molecule has 0 aromatic rings. The molecule has 1 rings (SSSR count). The molecular weight excluding hydrogens is 218 g/mol. The molecule has 0 saturated heterocycles. The molecule has 0 bridgehead atoms. The van der Waals surface area contributed by atoms with Crippen LogP contribution in [0.15, 0.2) is 15.8 Å². The number of rotatable bonds is 4. The second kappa shape index (κ2) is 5.49. The number of aliphatic imine (C=N–C) groups is 1. The molecule has 0 spiro atoms. The highest BCUT2D eigenvalue weighted by molar-refractivity contribution is 6.44. The van der Waals surface area contributed by atoms with Crippen molar-refractivity contribution < 1.29 is 14.6 Å². The normalized spacial score (nSPS) is 23.8. The summed E-state index contributed by atoms with van der Waals surface area (Å²) in [4.78, 5) is 4.27. The Bertz CT molecular complexity index is 286. The van der Waals surface area contributed by atoms with Gasteiger partial charge in [-0.15, -0.1) is 0 Å². The number of dihydropyridines is 1. The second-order valence-electron chi connectivity index (χ2n) is 3.48. The Labute approximate surface area is 94.5 Å². The summed E-state index contributed by atoms with van der Waals surface area (Å²) >= 11 is 6.09. The molecule has 1 aliphatic rings. The molecule has 15 heavy (non-hydrogen) atoms. The SMILES string of the molecule is COC1=C(Cl)C(COC(C)O)=NCC1C. The monoisotopic (exact) mass is 233 g/mol. The van der Waals surface area contributed by atoms with E-state index in [1.165, 1.54) is 0 Å². The Morgan fingerprint density at radius 3 is 2.87 bits per heavy atom. The molecule has 0 saturated carbocycles. The summed E-state index contributed by atoms with van der Waals surface area (Å²) < 4.78 is 10.2. The Balaban J connectivity index is 2.71. The lowest BCUT2D eigenvalue weighted by molar-refractivity contribution is -0.0700. The van der Waals surface area contributed by atoms with E-state index in [0.717, 1.165) is 5.76 Å². The average Bonchev–Trinajstić information content (AvgIpc) is 2.17. The predicted octanol–water partition coefficient (Wildman–Crippen LogP) is 1.53. The molecule has 0 aromatic carbocycles. The Kier molecular flexibility index (Phi) is 4.57. The van der Waals surface area contributed by atoms with Crippen molar-refractivity contribution in [2.75, 3.05) is 20.3 Å². The highest BCUT2D eigenvalue weighted by atomic mass is 35.5. The Morgan fingerprint density at radius 2 is 2.33 bits per heavy atom. The van der Waals surface area contributed by atoms with Gasteiger partial charge in [-0.3, -0.25) is 4.99 Å². The predicted molar refractivity (Wildman–Crippen MR) is 59.0 cm³/mol. The van der Waals surface area contributed by atoms with Crippen LogP contribution in [0.4, 0.5) is 0 Å². The van der Waals surface area contributed by atoms with Crippen LogP contribution in [0.5, 0.6) is 0 Å². The van der Waals surface area contributed by atoms with Crippen LogP contribution < -0.4 is 0 Å². The van der Waals surface area contributed by atoms with Crippen LogP contribution in [0, 0.1) is 5.92 Å². The van der Waals surface area contributed by atoms with Crippen LogP contribution in [0.25, 0.3) is 0 Å². The molecule has 1 heterocycles. The van der Waals surface area contributed by atoms with Crippen molar-refractivity contribution >= 4 is 17.3 Å². The van der Waals surface area contributed by atoms with Gasteiger partial charge >= 0.3 is 0 Å². The molecule has 0 aliphatic carbocycles. The van der Waals surface area contributed by atoms with E-state index in [0.29, 0.717) is 17.3 Å². The van der Waals surface area contributed by atoms with Crippen molar-refractivity contribution in [1.29, 1.82) is 0 Å². The van der Waals surface area contributed by atoms with Gasteiger partial charge in [-0.1, -0.05) is 18.5 Å². The van der Waals surface area contributed by atoms with Crippen LogP contribution in [-0.2, 0) is 9.47 Å². The minimum absolute atomic E-state index is 0.192. The Hall–Kier alpha value is -0.580. The second-order valence-corrected chi connectivity index (χ2v) is 3.86. The first-order chi connectivity index (χ1) is 7.06. The van der Waals surface area contributed by atoms with Crippen LogP contribution in [0.3, 0.4) is 0 Å². The van der Waals surface area contributed by atoms with Gasteiger partial charge in [0, 0.05) is 12.5 Å². The average molecular weight is 234 g/mol. The molecule has 0 amide bonds. The number of ether oxygens (including phenoxy) is 2. The lowest BCUT2D eigenvalue weighted by Crippen LogP contribution is -2.23. The highest BCUT2D eigenvalue weighted by Crippen LogP contribution is 2.25. The van der Waals surface area contributed by atoms with Gasteiger partial charge in [0.2, 0.25) is 0 Å². The molecule has 4 nitrogen and oxygen atoms in total. The summed E-state index contributed by atoms with van der Waals surface area (Å²) in [5.41, 5.74) is 0.632. The fraction of sp³-hybridized carbons (Fsp3) is 0.700. The molecule has 0 aromatic heterocycles. The topological polar surface area (TPSA) is 51.0 Å². The minimum atomic E-state index is -0.817. The summed E-state index contributed by atoms with van der Waals surface area (Å²) in [5.74, 6) is 0.925. The number of aliphatic hydroxyl groups is 1. The highest BCUT2D eigenvalue weighted by Gasteiger charge is 2.22. The number of aliphatic hydroxyl groups excluding tert-OH is 1. The van der Waals surface area contributed by atoms with Gasteiger partial charge in [0.1, 0.15) is 10.8 Å². The zero-order chi connectivity index (χ0) is 11.4. The first-order valence-electron chi connectivity index (χ1n) is 4.83. The largest absolute Gasteiger partial charge is 0.499 e. The standard InChI is InChI=1S/C10H16ClNO3/c1-6-4-12-8(5-15-7(2)13)9(11)10(6)14-3/h6-7,13H,4-5H2,1-3H3. The fourth-order valence-electron chi connectivity index (χ4n) is 1.36. The smallest absolute Gasteiger partial charge is 0.152 e. The fourth-order valence-corrected chi connectivity index (χ4v) is 1.74. The maximum atomic E-state index is 8.98.